The first kappa shape index (κ1) is 15.3. The Kier molecular flexibility index (Phi) is 3.65. The van der Waals surface area contributed by atoms with Gasteiger partial charge in [-0.3, -0.25) is 9.23 Å². The number of halogens is 2. The Balaban J connectivity index is 2.38. The average molecular weight is 357 g/mol. The van der Waals surface area contributed by atoms with Crippen molar-refractivity contribution in [1.29, 1.82) is 0 Å². The summed E-state index contributed by atoms with van der Waals surface area (Å²) in [7, 11) is -2.93. The normalized spacial score (nSPS) is 12.0. The average Bonchev–Trinajstić information content (AvgIpc) is 2.74. The number of aromatic nitrogens is 2. The molecule has 3 rings (SSSR count). The summed E-state index contributed by atoms with van der Waals surface area (Å²) < 4.78 is 33.6. The molecule has 0 aliphatic rings. The van der Waals surface area contributed by atoms with Gasteiger partial charge in [0.15, 0.2) is 5.03 Å². The van der Waals surface area contributed by atoms with Gasteiger partial charge in [0, 0.05) is 33.6 Å². The van der Waals surface area contributed by atoms with Crippen molar-refractivity contribution in [3.8, 4) is 11.1 Å². The summed E-state index contributed by atoms with van der Waals surface area (Å²) in [6, 6.07) is 10.1. The van der Waals surface area contributed by atoms with Crippen LogP contribution in [0.5, 0.6) is 0 Å². The van der Waals surface area contributed by atoms with Crippen LogP contribution in [0.1, 0.15) is 0 Å². The molecule has 0 atom stereocenters. The van der Waals surface area contributed by atoms with Gasteiger partial charge in [-0.2, -0.15) is 13.5 Å². The van der Waals surface area contributed by atoms with Gasteiger partial charge >= 0.3 is 10.1 Å². The van der Waals surface area contributed by atoms with Crippen molar-refractivity contribution in [2.75, 3.05) is 0 Å². The molecule has 0 bridgehead atoms. The molecule has 1 N–H and O–H groups in total. The molecule has 0 radical (unpaired) electrons. The van der Waals surface area contributed by atoms with Crippen LogP contribution in [0.25, 0.3) is 22.0 Å². The lowest BCUT2D eigenvalue weighted by atomic mass is 10.0. The third-order valence-corrected chi connectivity index (χ3v) is 4.80. The Morgan fingerprint density at radius 3 is 2.50 bits per heavy atom. The van der Waals surface area contributed by atoms with Crippen molar-refractivity contribution < 1.29 is 13.0 Å². The van der Waals surface area contributed by atoms with Gasteiger partial charge < -0.3 is 0 Å². The summed E-state index contributed by atoms with van der Waals surface area (Å²) in [5.74, 6) is 0. The van der Waals surface area contributed by atoms with Gasteiger partial charge in [-0.15, -0.1) is 0 Å². The van der Waals surface area contributed by atoms with E-state index in [1.165, 1.54) is 7.05 Å². The summed E-state index contributed by atoms with van der Waals surface area (Å²) in [6.07, 6.45) is 0. The molecule has 0 aliphatic carbocycles. The zero-order valence-corrected chi connectivity index (χ0v) is 13.6. The minimum atomic E-state index is -4.39. The number of fused-ring (bicyclic) bond motifs is 1. The number of rotatable bonds is 2. The monoisotopic (exact) mass is 356 g/mol. The summed E-state index contributed by atoms with van der Waals surface area (Å²) in [5.41, 5.74) is 1.77. The molecule has 0 spiro atoms. The van der Waals surface area contributed by atoms with Gasteiger partial charge in [-0.25, -0.2) is 0 Å². The van der Waals surface area contributed by atoms with Gasteiger partial charge in [-0.05, 0) is 18.2 Å². The summed E-state index contributed by atoms with van der Waals surface area (Å²) in [4.78, 5) is 0. The van der Waals surface area contributed by atoms with E-state index in [4.69, 9.17) is 23.2 Å². The molecule has 0 amide bonds. The van der Waals surface area contributed by atoms with Gasteiger partial charge in [0.2, 0.25) is 0 Å². The van der Waals surface area contributed by atoms with Crippen molar-refractivity contribution in [1.82, 2.24) is 9.78 Å². The summed E-state index contributed by atoms with van der Waals surface area (Å²) in [5, 5.41) is 5.21. The Bertz CT molecular complexity index is 997. The maximum Gasteiger partial charge on any atom is 0.312 e. The van der Waals surface area contributed by atoms with Crippen molar-refractivity contribution in [3.63, 3.8) is 0 Å². The fraction of sp³-hybridized carbons (Fsp3) is 0.0714. The molecular formula is C14H10Cl2N2O3S. The van der Waals surface area contributed by atoms with E-state index < -0.39 is 10.1 Å². The summed E-state index contributed by atoms with van der Waals surface area (Å²) in [6.45, 7) is 0. The highest BCUT2D eigenvalue weighted by Crippen LogP contribution is 2.36. The minimum absolute atomic E-state index is 0.255. The molecule has 0 saturated heterocycles. The molecule has 0 saturated carbocycles. The second-order valence-electron chi connectivity index (χ2n) is 4.73. The van der Waals surface area contributed by atoms with Gasteiger partial charge in [0.25, 0.3) is 0 Å². The Labute approximate surface area is 136 Å². The van der Waals surface area contributed by atoms with Crippen LogP contribution < -0.4 is 0 Å². The van der Waals surface area contributed by atoms with Crippen molar-refractivity contribution >= 4 is 44.2 Å². The van der Waals surface area contributed by atoms with Crippen LogP contribution in [0.4, 0.5) is 0 Å². The quantitative estimate of drug-likeness (QED) is 0.709. The largest absolute Gasteiger partial charge is 0.312 e. The highest BCUT2D eigenvalue weighted by Gasteiger charge is 2.22. The zero-order chi connectivity index (χ0) is 16.1. The number of nitrogens with zero attached hydrogens (tertiary/aromatic N) is 2. The van der Waals surface area contributed by atoms with Crippen molar-refractivity contribution in [2.24, 2.45) is 7.05 Å². The van der Waals surface area contributed by atoms with E-state index in [9.17, 15) is 13.0 Å². The fourth-order valence-corrected chi connectivity index (χ4v) is 3.75. The van der Waals surface area contributed by atoms with E-state index in [0.717, 1.165) is 4.68 Å². The lowest BCUT2D eigenvalue weighted by Crippen LogP contribution is -2.05. The predicted octanol–water partition coefficient (Wildman–Crippen LogP) is 3.79. The van der Waals surface area contributed by atoms with Crippen LogP contribution in [-0.4, -0.2) is 22.8 Å². The molecule has 114 valence electrons. The van der Waals surface area contributed by atoms with E-state index in [1.54, 1.807) is 36.4 Å². The number of benzene rings is 2. The van der Waals surface area contributed by atoms with Crippen LogP contribution in [-0.2, 0) is 17.2 Å². The highest BCUT2D eigenvalue weighted by molar-refractivity contribution is 7.86. The third kappa shape index (κ3) is 2.48. The second kappa shape index (κ2) is 5.24. The fourth-order valence-electron chi connectivity index (χ4n) is 2.42. The molecule has 0 aliphatic heterocycles. The molecule has 1 aromatic heterocycles. The van der Waals surface area contributed by atoms with Crippen LogP contribution >= 0.6 is 23.2 Å². The molecule has 8 heteroatoms. The van der Waals surface area contributed by atoms with E-state index in [-0.39, 0.29) is 5.03 Å². The maximum absolute atomic E-state index is 11.5. The minimum Gasteiger partial charge on any atom is -0.281 e. The third-order valence-electron chi connectivity index (χ3n) is 3.28. The van der Waals surface area contributed by atoms with Crippen molar-refractivity contribution in [3.05, 3.63) is 46.4 Å². The molecule has 0 unspecified atom stereocenters. The van der Waals surface area contributed by atoms with E-state index >= 15 is 0 Å². The first-order valence-corrected chi connectivity index (χ1v) is 8.37. The smallest absolute Gasteiger partial charge is 0.281 e. The van der Waals surface area contributed by atoms with E-state index in [2.05, 4.69) is 5.10 Å². The molecule has 2 aromatic carbocycles. The molecule has 3 aromatic rings. The van der Waals surface area contributed by atoms with E-state index in [1.807, 2.05) is 0 Å². The Morgan fingerprint density at radius 2 is 1.86 bits per heavy atom. The first-order valence-electron chi connectivity index (χ1n) is 6.17. The van der Waals surface area contributed by atoms with Crippen LogP contribution in [0.3, 0.4) is 0 Å². The number of hydrogen-bond acceptors (Lipinski definition) is 3. The zero-order valence-electron chi connectivity index (χ0n) is 11.3. The van der Waals surface area contributed by atoms with Gasteiger partial charge in [-0.1, -0.05) is 41.4 Å². The van der Waals surface area contributed by atoms with Crippen LogP contribution in [0.2, 0.25) is 10.0 Å². The second-order valence-corrected chi connectivity index (χ2v) is 6.91. The maximum atomic E-state index is 11.5. The standard InChI is InChI=1S/C14H10Cl2N2O3S/c1-18-14(22(19,20)21)11-4-2-3-10(13(11)17-18)9-6-5-8(15)7-12(9)16/h2-7H,1H3,(H,19,20,21). The number of aryl methyl sites for hydroxylation is 1. The lowest BCUT2D eigenvalue weighted by molar-refractivity contribution is 0.472. The van der Waals surface area contributed by atoms with E-state index in [0.29, 0.717) is 32.1 Å². The summed E-state index contributed by atoms with van der Waals surface area (Å²) >= 11 is 12.1. The number of hydrogen-bond donors (Lipinski definition) is 1. The van der Waals surface area contributed by atoms with Crippen LogP contribution in [0, 0.1) is 0 Å². The molecule has 22 heavy (non-hydrogen) atoms. The molecular weight excluding hydrogens is 347 g/mol. The van der Waals surface area contributed by atoms with Crippen molar-refractivity contribution in [2.45, 2.75) is 5.03 Å². The molecule has 0 fully saturated rings. The van der Waals surface area contributed by atoms with Gasteiger partial charge in [0.05, 0.1) is 0 Å². The topological polar surface area (TPSA) is 72.2 Å². The predicted molar refractivity (Wildman–Crippen MR) is 86.0 cm³/mol. The SMILES string of the molecule is Cn1nc2c(-c3ccc(Cl)cc3Cl)cccc2c1S(=O)(=O)O. The lowest BCUT2D eigenvalue weighted by Gasteiger charge is -2.05. The molecule has 1 heterocycles. The van der Waals surface area contributed by atoms with Crippen LogP contribution in [0.15, 0.2) is 41.4 Å². The van der Waals surface area contributed by atoms with Gasteiger partial charge in [0.1, 0.15) is 5.52 Å². The Hall–Kier alpha value is -1.60. The Morgan fingerprint density at radius 1 is 1.14 bits per heavy atom. The first-order chi connectivity index (χ1) is 10.3. The highest BCUT2D eigenvalue weighted by atomic mass is 35.5. The molecule has 5 nitrogen and oxygen atoms in total.